The molecule has 5 aromatic carbocycles. The normalized spacial score (nSPS) is 22.1. The number of fused-ring (bicyclic) bond motifs is 3. The largest absolute Gasteiger partial charge is 0.208 e. The topological polar surface area (TPSA) is 62.5 Å². The van der Waals surface area contributed by atoms with E-state index < -0.39 is 0 Å². The monoisotopic (exact) mass is 610 g/mol. The van der Waals surface area contributed by atoms with Crippen molar-refractivity contribution in [2.75, 3.05) is 0 Å². The van der Waals surface area contributed by atoms with E-state index in [1.54, 1.807) is 0 Å². The van der Waals surface area contributed by atoms with Crippen LogP contribution in [-0.2, 0) is 5.41 Å². The molecule has 2 aliphatic carbocycles. The summed E-state index contributed by atoms with van der Waals surface area (Å²) in [6.07, 6.45) is 6.67. The lowest BCUT2D eigenvalue weighted by Crippen LogP contribution is -2.42. The van der Waals surface area contributed by atoms with Crippen molar-refractivity contribution in [2.45, 2.75) is 51.4 Å². The molecule has 0 amide bonds. The van der Waals surface area contributed by atoms with Gasteiger partial charge in [0, 0.05) is 16.7 Å². The minimum Gasteiger partial charge on any atom is -0.208 e. The zero-order valence-corrected chi connectivity index (χ0v) is 27.0. The van der Waals surface area contributed by atoms with Crippen LogP contribution in [0.4, 0.5) is 0 Å². The lowest BCUT2D eigenvalue weighted by atomic mass is 9.54. The zero-order valence-electron chi connectivity index (χ0n) is 27.0. The van der Waals surface area contributed by atoms with Crippen molar-refractivity contribution in [2.24, 2.45) is 17.8 Å². The number of nitriles is 1. The van der Waals surface area contributed by atoms with Crippen LogP contribution < -0.4 is 0 Å². The van der Waals surface area contributed by atoms with Crippen molar-refractivity contribution in [3.8, 4) is 51.4 Å². The second-order valence-corrected chi connectivity index (χ2v) is 14.2. The molecule has 0 radical (unpaired) electrons. The maximum absolute atomic E-state index is 9.25. The molecule has 2 aliphatic rings. The molecule has 4 atom stereocenters. The molecule has 4 nitrogen and oxygen atoms in total. The summed E-state index contributed by atoms with van der Waals surface area (Å²) in [5.41, 5.74) is 7.63. The van der Waals surface area contributed by atoms with Crippen molar-refractivity contribution in [1.29, 1.82) is 5.26 Å². The highest BCUT2D eigenvalue weighted by Crippen LogP contribution is 2.54. The third-order valence-corrected chi connectivity index (χ3v) is 10.5. The summed E-state index contributed by atoms with van der Waals surface area (Å²) in [6, 6.07) is 42.2. The molecule has 0 aliphatic heterocycles. The summed E-state index contributed by atoms with van der Waals surface area (Å²) >= 11 is 0. The first-order chi connectivity index (χ1) is 22.9. The molecule has 8 rings (SSSR count). The Balaban J connectivity index is 1.14. The molecule has 2 saturated carbocycles. The van der Waals surface area contributed by atoms with Crippen LogP contribution >= 0.6 is 0 Å². The molecule has 2 fully saturated rings. The molecule has 1 aromatic heterocycles. The van der Waals surface area contributed by atoms with Gasteiger partial charge in [-0.15, -0.1) is 0 Å². The van der Waals surface area contributed by atoms with Gasteiger partial charge < -0.3 is 0 Å². The van der Waals surface area contributed by atoms with E-state index in [4.69, 9.17) is 15.0 Å². The highest BCUT2D eigenvalue weighted by Gasteiger charge is 2.45. The third kappa shape index (κ3) is 5.72. The minimum atomic E-state index is 0.296. The SMILES string of the molecule is C[C@@H]1CC2C[C@H](C)CC(c3ccc(-c4nc(-c5ccccc5)nc(-c5ccc(-c6ccc7cc(C#N)ccc7c6)cc5)n4)cc3)(C2)C1. The molecule has 47 heavy (non-hydrogen) atoms. The minimum absolute atomic E-state index is 0.296. The Morgan fingerprint density at radius 3 is 1.68 bits per heavy atom. The highest BCUT2D eigenvalue weighted by molar-refractivity contribution is 5.88. The summed E-state index contributed by atoms with van der Waals surface area (Å²) in [5, 5.41) is 11.4. The molecule has 2 bridgehead atoms. The van der Waals surface area contributed by atoms with E-state index >= 15 is 0 Å². The van der Waals surface area contributed by atoms with Gasteiger partial charge in [0.25, 0.3) is 0 Å². The van der Waals surface area contributed by atoms with Crippen LogP contribution in [0.15, 0.2) is 115 Å². The molecule has 1 heterocycles. The molecular formula is C43H38N4. The van der Waals surface area contributed by atoms with E-state index in [0.29, 0.717) is 28.5 Å². The molecular weight excluding hydrogens is 573 g/mol. The van der Waals surface area contributed by atoms with Gasteiger partial charge in [0.05, 0.1) is 11.6 Å². The summed E-state index contributed by atoms with van der Waals surface area (Å²) in [4.78, 5) is 15.0. The van der Waals surface area contributed by atoms with Crippen LogP contribution in [0.3, 0.4) is 0 Å². The second kappa shape index (κ2) is 11.9. The van der Waals surface area contributed by atoms with Gasteiger partial charge in [0.1, 0.15) is 0 Å². The van der Waals surface area contributed by atoms with E-state index in [0.717, 1.165) is 56.3 Å². The van der Waals surface area contributed by atoms with Gasteiger partial charge in [-0.05, 0) is 101 Å². The van der Waals surface area contributed by atoms with Crippen molar-refractivity contribution in [3.63, 3.8) is 0 Å². The lowest BCUT2D eigenvalue weighted by Gasteiger charge is -2.50. The lowest BCUT2D eigenvalue weighted by molar-refractivity contribution is 0.0780. The van der Waals surface area contributed by atoms with Crippen molar-refractivity contribution < 1.29 is 0 Å². The van der Waals surface area contributed by atoms with Crippen LogP contribution in [0.25, 0.3) is 56.1 Å². The number of nitrogens with zero attached hydrogens (tertiary/aromatic N) is 4. The van der Waals surface area contributed by atoms with Crippen molar-refractivity contribution in [1.82, 2.24) is 15.0 Å². The molecule has 4 heteroatoms. The molecule has 2 unspecified atom stereocenters. The van der Waals surface area contributed by atoms with E-state index in [1.807, 2.05) is 36.4 Å². The Hall–Kier alpha value is -5.14. The molecule has 0 saturated heterocycles. The van der Waals surface area contributed by atoms with Gasteiger partial charge in [0.15, 0.2) is 17.5 Å². The first-order valence-corrected chi connectivity index (χ1v) is 16.9. The van der Waals surface area contributed by atoms with E-state index in [-0.39, 0.29) is 0 Å². The number of benzene rings is 5. The fourth-order valence-electron chi connectivity index (χ4n) is 8.69. The van der Waals surface area contributed by atoms with E-state index in [2.05, 4.69) is 98.8 Å². The summed E-state index contributed by atoms with van der Waals surface area (Å²) in [5.74, 6) is 4.45. The van der Waals surface area contributed by atoms with Gasteiger partial charge in [-0.2, -0.15) is 5.26 Å². The molecule has 230 valence electrons. The Morgan fingerprint density at radius 1 is 0.553 bits per heavy atom. The van der Waals surface area contributed by atoms with Gasteiger partial charge in [-0.3, -0.25) is 0 Å². The predicted molar refractivity (Wildman–Crippen MR) is 190 cm³/mol. The smallest absolute Gasteiger partial charge is 0.164 e. The van der Waals surface area contributed by atoms with Crippen molar-refractivity contribution in [3.05, 3.63) is 126 Å². The van der Waals surface area contributed by atoms with Crippen LogP contribution in [0.2, 0.25) is 0 Å². The summed E-state index contributed by atoms with van der Waals surface area (Å²) in [7, 11) is 0. The molecule has 0 N–H and O–H groups in total. The molecule has 0 spiro atoms. The highest BCUT2D eigenvalue weighted by atomic mass is 15.0. The van der Waals surface area contributed by atoms with Gasteiger partial charge in [0.2, 0.25) is 0 Å². The van der Waals surface area contributed by atoms with Crippen molar-refractivity contribution >= 4 is 10.8 Å². The van der Waals surface area contributed by atoms with E-state index in [9.17, 15) is 5.26 Å². The maximum atomic E-state index is 9.25. The van der Waals surface area contributed by atoms with Gasteiger partial charge in [-0.25, -0.2) is 15.0 Å². The average Bonchev–Trinajstić information content (AvgIpc) is 3.11. The van der Waals surface area contributed by atoms with Gasteiger partial charge >= 0.3 is 0 Å². The Bertz CT molecular complexity index is 2090. The molecule has 6 aromatic rings. The van der Waals surface area contributed by atoms with E-state index in [1.165, 1.54) is 37.7 Å². The van der Waals surface area contributed by atoms with Crippen LogP contribution in [0.1, 0.15) is 57.1 Å². The third-order valence-electron chi connectivity index (χ3n) is 10.5. The van der Waals surface area contributed by atoms with Crippen LogP contribution in [0, 0.1) is 29.1 Å². The number of hydrogen-bond acceptors (Lipinski definition) is 4. The quantitative estimate of drug-likeness (QED) is 0.195. The zero-order chi connectivity index (χ0) is 32.0. The fourth-order valence-corrected chi connectivity index (χ4v) is 8.69. The van der Waals surface area contributed by atoms with Gasteiger partial charge in [-0.1, -0.05) is 111 Å². The standard InChI is InChI=1S/C43H38N4/c1-28-20-31-21-29(2)25-43(24-28,26-31)39-18-16-35(17-19-39)42-46-40(33-6-4-3-5-7-33)45-41(47-42)34-12-10-32(11-13-34)37-15-14-36-22-30(27-44)8-9-38(36)23-37/h3-19,22-23,28-29,31H,20-21,24-26H2,1-2H3/t28-,29+,31?,43?. The first-order valence-electron chi connectivity index (χ1n) is 16.9. The number of aromatic nitrogens is 3. The number of rotatable bonds is 5. The summed E-state index contributed by atoms with van der Waals surface area (Å²) in [6.45, 7) is 4.90. The summed E-state index contributed by atoms with van der Waals surface area (Å²) < 4.78 is 0. The Morgan fingerprint density at radius 2 is 1.06 bits per heavy atom. The number of hydrogen-bond donors (Lipinski definition) is 0. The van der Waals surface area contributed by atoms with Crippen LogP contribution in [0.5, 0.6) is 0 Å². The Kier molecular flexibility index (Phi) is 7.41. The first kappa shape index (κ1) is 29.3. The second-order valence-electron chi connectivity index (χ2n) is 14.2. The Labute approximate surface area is 277 Å². The van der Waals surface area contributed by atoms with Crippen LogP contribution in [-0.4, -0.2) is 15.0 Å². The predicted octanol–water partition coefficient (Wildman–Crippen LogP) is 10.7. The fraction of sp³-hybridized carbons (Fsp3) is 0.256. The maximum Gasteiger partial charge on any atom is 0.164 e. The average molecular weight is 611 g/mol.